The van der Waals surface area contributed by atoms with Crippen LogP contribution in [0.4, 0.5) is 4.39 Å². The summed E-state index contributed by atoms with van der Waals surface area (Å²) in [4.78, 5) is 0. The first-order valence-corrected chi connectivity index (χ1v) is 6.57. The van der Waals surface area contributed by atoms with E-state index in [1.54, 1.807) is 19.1 Å². The van der Waals surface area contributed by atoms with Crippen LogP contribution in [0.15, 0.2) is 48.5 Å². The summed E-state index contributed by atoms with van der Waals surface area (Å²) in [5, 5.41) is 10.2. The van der Waals surface area contributed by atoms with E-state index >= 15 is 0 Å². The van der Waals surface area contributed by atoms with Gasteiger partial charge in [0, 0.05) is 0 Å². The fraction of sp³-hybridized carbons (Fsp3) is 0.294. The van der Waals surface area contributed by atoms with Crippen molar-refractivity contribution in [2.45, 2.75) is 32.3 Å². The van der Waals surface area contributed by atoms with Gasteiger partial charge in [-0.3, -0.25) is 0 Å². The molecular formula is C17H19FO. The van der Waals surface area contributed by atoms with Crippen LogP contribution in [-0.4, -0.2) is 5.11 Å². The highest BCUT2D eigenvalue weighted by Gasteiger charge is 2.14. The van der Waals surface area contributed by atoms with Crippen LogP contribution in [-0.2, 0) is 0 Å². The Hall–Kier alpha value is -1.67. The summed E-state index contributed by atoms with van der Waals surface area (Å²) >= 11 is 0. The Balaban J connectivity index is 2.08. The molecule has 0 bridgehead atoms. The SMILES string of the molecule is Cc1cc(C(O)CC(C)c2ccccc2)ccc1F. The molecule has 0 aromatic heterocycles. The van der Waals surface area contributed by atoms with Gasteiger partial charge in [0.05, 0.1) is 6.10 Å². The van der Waals surface area contributed by atoms with Crippen molar-refractivity contribution in [2.75, 3.05) is 0 Å². The lowest BCUT2D eigenvalue weighted by Gasteiger charge is -2.17. The smallest absolute Gasteiger partial charge is 0.126 e. The highest BCUT2D eigenvalue weighted by Crippen LogP contribution is 2.28. The van der Waals surface area contributed by atoms with E-state index in [1.165, 1.54) is 11.6 Å². The van der Waals surface area contributed by atoms with Crippen molar-refractivity contribution in [3.8, 4) is 0 Å². The Morgan fingerprint density at radius 2 is 1.74 bits per heavy atom. The van der Waals surface area contributed by atoms with Crippen LogP contribution in [0.3, 0.4) is 0 Å². The van der Waals surface area contributed by atoms with Crippen LogP contribution < -0.4 is 0 Å². The average Bonchev–Trinajstić information content (AvgIpc) is 2.42. The van der Waals surface area contributed by atoms with E-state index in [0.29, 0.717) is 12.0 Å². The minimum Gasteiger partial charge on any atom is -0.388 e. The molecule has 0 aliphatic rings. The second-order valence-electron chi connectivity index (χ2n) is 5.07. The molecule has 0 saturated carbocycles. The fourth-order valence-corrected chi connectivity index (χ4v) is 2.26. The summed E-state index contributed by atoms with van der Waals surface area (Å²) < 4.78 is 13.2. The first-order chi connectivity index (χ1) is 9.08. The van der Waals surface area contributed by atoms with Crippen LogP contribution in [0.25, 0.3) is 0 Å². The quantitative estimate of drug-likeness (QED) is 0.863. The average molecular weight is 258 g/mol. The van der Waals surface area contributed by atoms with Gasteiger partial charge in [0.2, 0.25) is 0 Å². The third-order valence-corrected chi connectivity index (χ3v) is 3.51. The topological polar surface area (TPSA) is 20.2 Å². The number of aliphatic hydroxyl groups excluding tert-OH is 1. The second-order valence-corrected chi connectivity index (χ2v) is 5.07. The number of hydrogen-bond acceptors (Lipinski definition) is 1. The fourth-order valence-electron chi connectivity index (χ4n) is 2.26. The summed E-state index contributed by atoms with van der Waals surface area (Å²) in [7, 11) is 0. The second kappa shape index (κ2) is 5.98. The van der Waals surface area contributed by atoms with Crippen LogP contribution in [0, 0.1) is 12.7 Å². The molecule has 2 heteroatoms. The standard InChI is InChI=1S/C17H19FO/c1-12(14-6-4-3-5-7-14)11-17(19)15-8-9-16(18)13(2)10-15/h3-10,12,17,19H,11H2,1-2H3. The summed E-state index contributed by atoms with van der Waals surface area (Å²) in [5.41, 5.74) is 2.56. The molecule has 0 amide bonds. The molecule has 100 valence electrons. The summed E-state index contributed by atoms with van der Waals surface area (Å²) in [6, 6.07) is 14.9. The molecule has 1 N–H and O–H groups in total. The third-order valence-electron chi connectivity index (χ3n) is 3.51. The number of hydrogen-bond donors (Lipinski definition) is 1. The minimum absolute atomic E-state index is 0.230. The first kappa shape index (κ1) is 13.8. The Morgan fingerprint density at radius 1 is 1.05 bits per heavy atom. The molecule has 0 heterocycles. The van der Waals surface area contributed by atoms with E-state index in [2.05, 4.69) is 19.1 Å². The number of aryl methyl sites for hydroxylation is 1. The molecule has 0 fully saturated rings. The molecule has 0 spiro atoms. The monoisotopic (exact) mass is 258 g/mol. The van der Waals surface area contributed by atoms with Gasteiger partial charge >= 0.3 is 0 Å². The molecule has 0 saturated heterocycles. The first-order valence-electron chi connectivity index (χ1n) is 6.57. The Labute approximate surface area is 113 Å². The van der Waals surface area contributed by atoms with Gasteiger partial charge in [0.25, 0.3) is 0 Å². The molecule has 2 unspecified atom stereocenters. The summed E-state index contributed by atoms with van der Waals surface area (Å²) in [5.74, 6) is 0.0358. The maximum absolute atomic E-state index is 13.2. The van der Waals surface area contributed by atoms with Crippen molar-refractivity contribution in [3.05, 3.63) is 71.0 Å². The number of halogens is 1. The van der Waals surface area contributed by atoms with E-state index in [-0.39, 0.29) is 11.7 Å². The lowest BCUT2D eigenvalue weighted by atomic mass is 9.92. The molecule has 2 atom stereocenters. The van der Waals surface area contributed by atoms with E-state index in [0.717, 1.165) is 5.56 Å². The number of benzene rings is 2. The van der Waals surface area contributed by atoms with Gasteiger partial charge < -0.3 is 5.11 Å². The summed E-state index contributed by atoms with van der Waals surface area (Å²) in [6.07, 6.45) is 0.0734. The van der Waals surface area contributed by atoms with E-state index < -0.39 is 6.10 Å². The molecule has 0 radical (unpaired) electrons. The van der Waals surface area contributed by atoms with Crippen molar-refractivity contribution in [3.63, 3.8) is 0 Å². The lowest BCUT2D eigenvalue weighted by Crippen LogP contribution is -2.04. The van der Waals surface area contributed by atoms with Gasteiger partial charge in [0.15, 0.2) is 0 Å². The molecule has 0 aliphatic heterocycles. The predicted octanol–water partition coefficient (Wildman–Crippen LogP) is 4.36. The van der Waals surface area contributed by atoms with Gasteiger partial charge in [-0.05, 0) is 42.0 Å². The van der Waals surface area contributed by atoms with E-state index in [4.69, 9.17) is 0 Å². The minimum atomic E-state index is -0.561. The zero-order chi connectivity index (χ0) is 13.8. The van der Waals surface area contributed by atoms with Gasteiger partial charge in [-0.1, -0.05) is 49.4 Å². The number of aliphatic hydroxyl groups is 1. The van der Waals surface area contributed by atoms with Crippen molar-refractivity contribution in [1.29, 1.82) is 0 Å². The highest BCUT2D eigenvalue weighted by molar-refractivity contribution is 5.26. The Bertz CT molecular complexity index is 536. The van der Waals surface area contributed by atoms with Gasteiger partial charge in [-0.2, -0.15) is 0 Å². The molecule has 0 aliphatic carbocycles. The van der Waals surface area contributed by atoms with Gasteiger partial charge in [-0.15, -0.1) is 0 Å². The maximum Gasteiger partial charge on any atom is 0.126 e. The maximum atomic E-state index is 13.2. The molecule has 19 heavy (non-hydrogen) atoms. The van der Waals surface area contributed by atoms with E-state index in [9.17, 15) is 9.50 Å². The largest absolute Gasteiger partial charge is 0.388 e. The van der Waals surface area contributed by atoms with Crippen molar-refractivity contribution < 1.29 is 9.50 Å². The van der Waals surface area contributed by atoms with Gasteiger partial charge in [-0.25, -0.2) is 4.39 Å². The van der Waals surface area contributed by atoms with Crippen molar-refractivity contribution >= 4 is 0 Å². The van der Waals surface area contributed by atoms with E-state index in [1.807, 2.05) is 18.2 Å². The molecule has 2 aromatic rings. The van der Waals surface area contributed by atoms with Crippen LogP contribution in [0.2, 0.25) is 0 Å². The highest BCUT2D eigenvalue weighted by atomic mass is 19.1. The van der Waals surface area contributed by atoms with Gasteiger partial charge in [0.1, 0.15) is 5.82 Å². The van der Waals surface area contributed by atoms with Crippen molar-refractivity contribution in [2.24, 2.45) is 0 Å². The Kier molecular flexibility index (Phi) is 4.33. The zero-order valence-corrected chi connectivity index (χ0v) is 11.3. The molecule has 2 rings (SSSR count). The van der Waals surface area contributed by atoms with Crippen molar-refractivity contribution in [1.82, 2.24) is 0 Å². The normalized spacial score (nSPS) is 14.1. The third kappa shape index (κ3) is 3.42. The zero-order valence-electron chi connectivity index (χ0n) is 11.3. The van der Waals surface area contributed by atoms with Crippen LogP contribution >= 0.6 is 0 Å². The van der Waals surface area contributed by atoms with Crippen LogP contribution in [0.1, 0.15) is 42.1 Å². The molecular weight excluding hydrogens is 239 g/mol. The predicted molar refractivity (Wildman–Crippen MR) is 75.6 cm³/mol. The molecule has 2 aromatic carbocycles. The summed E-state index contributed by atoms with van der Waals surface area (Å²) in [6.45, 7) is 3.81. The lowest BCUT2D eigenvalue weighted by molar-refractivity contribution is 0.159. The van der Waals surface area contributed by atoms with Crippen LogP contribution in [0.5, 0.6) is 0 Å². The molecule has 1 nitrogen and oxygen atoms in total. The Morgan fingerprint density at radius 3 is 2.37 bits per heavy atom. The number of rotatable bonds is 4.